The predicted octanol–water partition coefficient (Wildman–Crippen LogP) is 2.98. The highest BCUT2D eigenvalue weighted by atomic mass is 32.2. The molecule has 0 radical (unpaired) electrons. The van der Waals surface area contributed by atoms with Gasteiger partial charge in [-0.3, -0.25) is 4.79 Å². The number of hydrogen-bond donors (Lipinski definition) is 1. The molecule has 18 heavy (non-hydrogen) atoms. The van der Waals surface area contributed by atoms with Crippen molar-refractivity contribution in [2.45, 2.75) is 32.1 Å². The molecule has 0 bridgehead atoms. The zero-order chi connectivity index (χ0) is 13.8. The standard InChI is InChI=1S/C13H18FNO2S/c1-13(2,3)17-12(16)8-18-7-9-4-5-10(14)6-11(9)15/h4-6H,7-8,15H2,1-3H3. The highest BCUT2D eigenvalue weighted by molar-refractivity contribution is 7.99. The quantitative estimate of drug-likeness (QED) is 0.675. The third-order valence-electron chi connectivity index (χ3n) is 2.01. The number of thioether (sulfide) groups is 1. The average Bonchev–Trinajstić information content (AvgIpc) is 2.18. The normalized spacial score (nSPS) is 11.3. The molecule has 0 spiro atoms. The first-order chi connectivity index (χ1) is 8.28. The molecule has 0 saturated heterocycles. The predicted molar refractivity (Wildman–Crippen MR) is 72.8 cm³/mol. The van der Waals surface area contributed by atoms with E-state index in [1.54, 1.807) is 6.07 Å². The maximum atomic E-state index is 12.8. The first kappa shape index (κ1) is 14.8. The summed E-state index contributed by atoms with van der Waals surface area (Å²) in [6.45, 7) is 5.48. The molecule has 0 saturated carbocycles. The number of halogens is 1. The van der Waals surface area contributed by atoms with Crippen LogP contribution >= 0.6 is 11.8 Å². The molecule has 5 heteroatoms. The Bertz CT molecular complexity index is 429. The lowest BCUT2D eigenvalue weighted by Gasteiger charge is -2.19. The van der Waals surface area contributed by atoms with Crippen molar-refractivity contribution in [2.75, 3.05) is 11.5 Å². The second-order valence-corrected chi connectivity index (χ2v) is 5.91. The lowest BCUT2D eigenvalue weighted by molar-refractivity contribution is -0.151. The van der Waals surface area contributed by atoms with Crippen molar-refractivity contribution >= 4 is 23.4 Å². The summed E-state index contributed by atoms with van der Waals surface area (Å²) in [5, 5.41) is 0. The number of hydrogen-bond acceptors (Lipinski definition) is 4. The molecule has 100 valence electrons. The molecule has 1 aromatic rings. The lowest BCUT2D eigenvalue weighted by atomic mass is 10.2. The van der Waals surface area contributed by atoms with E-state index in [0.29, 0.717) is 11.4 Å². The van der Waals surface area contributed by atoms with Crippen LogP contribution in [-0.4, -0.2) is 17.3 Å². The van der Waals surface area contributed by atoms with E-state index < -0.39 is 5.60 Å². The molecule has 2 N–H and O–H groups in total. The van der Waals surface area contributed by atoms with E-state index >= 15 is 0 Å². The Labute approximate surface area is 111 Å². The number of ether oxygens (including phenoxy) is 1. The molecule has 0 atom stereocenters. The van der Waals surface area contributed by atoms with E-state index in [1.807, 2.05) is 20.8 Å². The Morgan fingerprint density at radius 3 is 2.67 bits per heavy atom. The third-order valence-corrected chi connectivity index (χ3v) is 2.96. The maximum Gasteiger partial charge on any atom is 0.316 e. The molecule has 0 aliphatic heterocycles. The van der Waals surface area contributed by atoms with Gasteiger partial charge in [-0.05, 0) is 38.5 Å². The van der Waals surface area contributed by atoms with Crippen LogP contribution < -0.4 is 5.73 Å². The molecule has 1 aromatic carbocycles. The minimum atomic E-state index is -0.466. The van der Waals surface area contributed by atoms with E-state index in [1.165, 1.54) is 23.9 Å². The minimum Gasteiger partial charge on any atom is -0.459 e. The van der Waals surface area contributed by atoms with E-state index in [4.69, 9.17) is 10.5 Å². The van der Waals surface area contributed by atoms with Gasteiger partial charge in [0.2, 0.25) is 0 Å². The van der Waals surface area contributed by atoms with Gasteiger partial charge in [-0.2, -0.15) is 0 Å². The van der Waals surface area contributed by atoms with Gasteiger partial charge in [-0.15, -0.1) is 11.8 Å². The van der Waals surface area contributed by atoms with Crippen molar-refractivity contribution in [3.05, 3.63) is 29.6 Å². The molecular formula is C13H18FNO2S. The SMILES string of the molecule is CC(C)(C)OC(=O)CSCc1ccc(F)cc1N. The average molecular weight is 271 g/mol. The van der Waals surface area contributed by atoms with Crippen LogP contribution in [0.3, 0.4) is 0 Å². The van der Waals surface area contributed by atoms with Crippen LogP contribution in [0.15, 0.2) is 18.2 Å². The van der Waals surface area contributed by atoms with Crippen molar-refractivity contribution in [3.8, 4) is 0 Å². The second kappa shape index (κ2) is 6.09. The largest absolute Gasteiger partial charge is 0.459 e. The summed E-state index contributed by atoms with van der Waals surface area (Å²) in [6.07, 6.45) is 0. The molecule has 0 fully saturated rings. The fourth-order valence-corrected chi connectivity index (χ4v) is 2.12. The van der Waals surface area contributed by atoms with E-state index in [-0.39, 0.29) is 17.5 Å². The van der Waals surface area contributed by atoms with E-state index in [0.717, 1.165) is 5.56 Å². The van der Waals surface area contributed by atoms with Gasteiger partial charge >= 0.3 is 5.97 Å². The number of anilines is 1. The number of nitrogen functional groups attached to an aromatic ring is 1. The fraction of sp³-hybridized carbons (Fsp3) is 0.462. The van der Waals surface area contributed by atoms with Crippen LogP contribution in [0.4, 0.5) is 10.1 Å². The first-order valence-electron chi connectivity index (χ1n) is 5.61. The lowest BCUT2D eigenvalue weighted by Crippen LogP contribution is -2.24. The third kappa shape index (κ3) is 5.40. The van der Waals surface area contributed by atoms with Crippen molar-refractivity contribution in [2.24, 2.45) is 0 Å². The summed E-state index contributed by atoms with van der Waals surface area (Å²) in [4.78, 5) is 11.5. The summed E-state index contributed by atoms with van der Waals surface area (Å²) in [6, 6.07) is 4.27. The number of carbonyl (C=O) groups excluding carboxylic acids is 1. The molecular weight excluding hydrogens is 253 g/mol. The molecule has 0 unspecified atom stereocenters. The van der Waals surface area contributed by atoms with Crippen LogP contribution in [0, 0.1) is 5.82 Å². The Morgan fingerprint density at radius 2 is 2.11 bits per heavy atom. The van der Waals surface area contributed by atoms with Gasteiger partial charge in [0.05, 0.1) is 5.75 Å². The smallest absolute Gasteiger partial charge is 0.316 e. The van der Waals surface area contributed by atoms with Crippen molar-refractivity contribution in [3.63, 3.8) is 0 Å². The number of esters is 1. The van der Waals surface area contributed by atoms with Gasteiger partial charge in [-0.25, -0.2) is 4.39 Å². The summed E-state index contributed by atoms with van der Waals surface area (Å²) < 4.78 is 18.0. The summed E-state index contributed by atoms with van der Waals surface area (Å²) in [5.41, 5.74) is 6.44. The molecule has 0 aromatic heterocycles. The van der Waals surface area contributed by atoms with Crippen LogP contribution in [0.1, 0.15) is 26.3 Å². The maximum absolute atomic E-state index is 12.8. The molecule has 0 aliphatic rings. The number of carbonyl (C=O) groups is 1. The Balaban J connectivity index is 2.40. The zero-order valence-corrected chi connectivity index (χ0v) is 11.6. The summed E-state index contributed by atoms with van der Waals surface area (Å²) >= 11 is 1.40. The van der Waals surface area contributed by atoms with Crippen molar-refractivity contribution in [1.82, 2.24) is 0 Å². The monoisotopic (exact) mass is 271 g/mol. The van der Waals surface area contributed by atoms with Gasteiger partial charge < -0.3 is 10.5 Å². The minimum absolute atomic E-state index is 0.256. The summed E-state index contributed by atoms with van der Waals surface area (Å²) in [5.74, 6) is 0.209. The second-order valence-electron chi connectivity index (χ2n) is 4.92. The Morgan fingerprint density at radius 1 is 1.44 bits per heavy atom. The topological polar surface area (TPSA) is 52.3 Å². The number of rotatable bonds is 4. The molecule has 1 rings (SSSR count). The highest BCUT2D eigenvalue weighted by Gasteiger charge is 2.16. The van der Waals surface area contributed by atoms with Gasteiger partial charge in [0.25, 0.3) is 0 Å². The van der Waals surface area contributed by atoms with Gasteiger partial charge in [0.15, 0.2) is 0 Å². The highest BCUT2D eigenvalue weighted by Crippen LogP contribution is 2.20. The van der Waals surface area contributed by atoms with Gasteiger partial charge in [0, 0.05) is 11.4 Å². The molecule has 3 nitrogen and oxygen atoms in total. The fourth-order valence-electron chi connectivity index (χ4n) is 1.31. The van der Waals surface area contributed by atoms with E-state index in [2.05, 4.69) is 0 Å². The van der Waals surface area contributed by atoms with Crippen molar-refractivity contribution in [1.29, 1.82) is 0 Å². The van der Waals surface area contributed by atoms with E-state index in [9.17, 15) is 9.18 Å². The van der Waals surface area contributed by atoms with Crippen LogP contribution in [0.5, 0.6) is 0 Å². The van der Waals surface area contributed by atoms with Crippen LogP contribution in [0.2, 0.25) is 0 Å². The van der Waals surface area contributed by atoms with Crippen molar-refractivity contribution < 1.29 is 13.9 Å². The van der Waals surface area contributed by atoms with Gasteiger partial charge in [-0.1, -0.05) is 6.07 Å². The first-order valence-corrected chi connectivity index (χ1v) is 6.77. The van der Waals surface area contributed by atoms with Crippen LogP contribution in [-0.2, 0) is 15.3 Å². The Kier molecular flexibility index (Phi) is 5.02. The van der Waals surface area contributed by atoms with Crippen LogP contribution in [0.25, 0.3) is 0 Å². The molecule has 0 aliphatic carbocycles. The molecule has 0 heterocycles. The molecule has 0 amide bonds. The zero-order valence-electron chi connectivity index (χ0n) is 10.8. The number of benzene rings is 1. The Hall–Kier alpha value is -1.23. The number of nitrogens with two attached hydrogens (primary N) is 1. The van der Waals surface area contributed by atoms with Gasteiger partial charge in [0.1, 0.15) is 11.4 Å². The summed E-state index contributed by atoms with van der Waals surface area (Å²) in [7, 11) is 0.